The first kappa shape index (κ1) is 9.77. The molecule has 0 unspecified atom stereocenters. The number of fused-ring (bicyclic) bond motifs is 1. The molecule has 0 radical (unpaired) electrons. The number of anilines is 1. The molecular formula is C12H11N5. The van der Waals surface area contributed by atoms with Gasteiger partial charge in [0.1, 0.15) is 0 Å². The lowest BCUT2D eigenvalue weighted by Gasteiger charge is -2.03. The molecule has 0 aliphatic carbocycles. The molecule has 0 aliphatic rings. The summed E-state index contributed by atoms with van der Waals surface area (Å²) in [4.78, 5) is 8.17. The van der Waals surface area contributed by atoms with Gasteiger partial charge in [0.2, 0.25) is 5.95 Å². The molecule has 0 fully saturated rings. The lowest BCUT2D eigenvalue weighted by Crippen LogP contribution is -1.92. The third kappa shape index (κ3) is 1.61. The molecule has 5 heteroatoms. The average molecular weight is 225 g/mol. The van der Waals surface area contributed by atoms with Crippen molar-refractivity contribution in [2.75, 3.05) is 5.73 Å². The van der Waals surface area contributed by atoms with E-state index in [9.17, 15) is 0 Å². The van der Waals surface area contributed by atoms with Crippen LogP contribution in [0.1, 0.15) is 5.56 Å². The Morgan fingerprint density at radius 2 is 1.94 bits per heavy atom. The van der Waals surface area contributed by atoms with Gasteiger partial charge in [-0.05, 0) is 36.2 Å². The van der Waals surface area contributed by atoms with E-state index < -0.39 is 0 Å². The van der Waals surface area contributed by atoms with E-state index in [0.717, 1.165) is 22.3 Å². The number of aryl methyl sites for hydroxylation is 1. The minimum Gasteiger partial charge on any atom is -0.366 e. The third-order valence-corrected chi connectivity index (χ3v) is 2.65. The van der Waals surface area contributed by atoms with Gasteiger partial charge in [-0.1, -0.05) is 0 Å². The van der Waals surface area contributed by atoms with Crippen molar-refractivity contribution in [2.45, 2.75) is 6.92 Å². The molecule has 0 saturated heterocycles. The molecule has 5 nitrogen and oxygen atoms in total. The maximum atomic E-state index is 5.60. The SMILES string of the molecule is Cc1cc(-c2ccncc2)cn2nc(N)nc12. The van der Waals surface area contributed by atoms with Crippen molar-refractivity contribution >= 4 is 11.6 Å². The van der Waals surface area contributed by atoms with Gasteiger partial charge in [-0.2, -0.15) is 4.98 Å². The first-order valence-corrected chi connectivity index (χ1v) is 5.27. The van der Waals surface area contributed by atoms with Gasteiger partial charge in [0.05, 0.1) is 0 Å². The predicted octanol–water partition coefficient (Wildman–Crippen LogP) is 1.68. The Hall–Kier alpha value is -2.43. The van der Waals surface area contributed by atoms with E-state index in [1.165, 1.54) is 0 Å². The van der Waals surface area contributed by atoms with Crippen molar-refractivity contribution < 1.29 is 0 Å². The number of nitrogen functional groups attached to an aromatic ring is 1. The number of hydrogen-bond acceptors (Lipinski definition) is 4. The quantitative estimate of drug-likeness (QED) is 0.684. The number of aromatic nitrogens is 4. The van der Waals surface area contributed by atoms with Crippen LogP contribution >= 0.6 is 0 Å². The van der Waals surface area contributed by atoms with Crippen molar-refractivity contribution in [2.24, 2.45) is 0 Å². The lowest BCUT2D eigenvalue weighted by molar-refractivity contribution is 0.964. The Labute approximate surface area is 97.9 Å². The van der Waals surface area contributed by atoms with Crippen LogP contribution in [0.5, 0.6) is 0 Å². The molecule has 0 amide bonds. The highest BCUT2D eigenvalue weighted by Crippen LogP contribution is 2.21. The first-order valence-electron chi connectivity index (χ1n) is 5.27. The molecule has 17 heavy (non-hydrogen) atoms. The normalized spacial score (nSPS) is 10.9. The Morgan fingerprint density at radius 3 is 2.71 bits per heavy atom. The number of hydrogen-bond donors (Lipinski definition) is 1. The van der Waals surface area contributed by atoms with E-state index in [0.29, 0.717) is 5.95 Å². The van der Waals surface area contributed by atoms with Gasteiger partial charge in [-0.25, -0.2) is 4.52 Å². The standard InChI is InChI=1S/C12H11N5/c1-8-6-10(9-2-4-14-5-3-9)7-17-11(8)15-12(13)16-17/h2-7H,1H3,(H2,13,16). The van der Waals surface area contributed by atoms with Gasteiger partial charge in [0.15, 0.2) is 5.65 Å². The van der Waals surface area contributed by atoms with E-state index in [1.807, 2.05) is 25.3 Å². The Bertz CT molecular complexity index is 672. The molecule has 3 heterocycles. The second kappa shape index (κ2) is 3.55. The molecule has 3 aromatic heterocycles. The Morgan fingerprint density at radius 1 is 1.18 bits per heavy atom. The fourth-order valence-corrected chi connectivity index (χ4v) is 1.87. The monoisotopic (exact) mass is 225 g/mol. The molecule has 0 saturated carbocycles. The number of pyridine rings is 2. The topological polar surface area (TPSA) is 69.1 Å². The second-order valence-electron chi connectivity index (χ2n) is 3.89. The van der Waals surface area contributed by atoms with Gasteiger partial charge in [0, 0.05) is 24.2 Å². The van der Waals surface area contributed by atoms with Gasteiger partial charge in [0.25, 0.3) is 0 Å². The van der Waals surface area contributed by atoms with Crippen LogP contribution in [0.3, 0.4) is 0 Å². The van der Waals surface area contributed by atoms with Crippen LogP contribution in [0.2, 0.25) is 0 Å². The van der Waals surface area contributed by atoms with Crippen molar-refractivity contribution in [3.8, 4) is 11.1 Å². The van der Waals surface area contributed by atoms with Crippen molar-refractivity contribution in [3.05, 3.63) is 42.4 Å². The van der Waals surface area contributed by atoms with Crippen LogP contribution in [0.25, 0.3) is 16.8 Å². The highest BCUT2D eigenvalue weighted by Gasteiger charge is 2.06. The van der Waals surface area contributed by atoms with Crippen LogP contribution in [0, 0.1) is 6.92 Å². The van der Waals surface area contributed by atoms with Gasteiger partial charge in [-0.3, -0.25) is 4.98 Å². The van der Waals surface area contributed by atoms with Crippen LogP contribution in [0.4, 0.5) is 5.95 Å². The predicted molar refractivity (Wildman–Crippen MR) is 65.4 cm³/mol. The molecule has 3 aromatic rings. The zero-order valence-corrected chi connectivity index (χ0v) is 9.33. The zero-order chi connectivity index (χ0) is 11.8. The number of nitrogens with two attached hydrogens (primary N) is 1. The summed E-state index contributed by atoms with van der Waals surface area (Å²) in [5, 5.41) is 4.13. The first-order chi connectivity index (χ1) is 8.24. The largest absolute Gasteiger partial charge is 0.366 e. The van der Waals surface area contributed by atoms with E-state index in [4.69, 9.17) is 5.73 Å². The van der Waals surface area contributed by atoms with Crippen molar-refractivity contribution in [1.29, 1.82) is 0 Å². The Balaban J connectivity index is 2.25. The molecule has 2 N–H and O–H groups in total. The fourth-order valence-electron chi connectivity index (χ4n) is 1.87. The summed E-state index contributed by atoms with van der Waals surface area (Å²) in [6.45, 7) is 1.99. The Kier molecular flexibility index (Phi) is 2.04. The van der Waals surface area contributed by atoms with E-state index >= 15 is 0 Å². The average Bonchev–Trinajstić information content (AvgIpc) is 2.71. The smallest absolute Gasteiger partial charge is 0.240 e. The molecule has 3 rings (SSSR count). The van der Waals surface area contributed by atoms with Gasteiger partial charge < -0.3 is 5.73 Å². The summed E-state index contributed by atoms with van der Waals surface area (Å²) in [7, 11) is 0. The summed E-state index contributed by atoms with van der Waals surface area (Å²) >= 11 is 0. The van der Waals surface area contributed by atoms with E-state index in [2.05, 4.69) is 21.1 Å². The van der Waals surface area contributed by atoms with E-state index in [1.54, 1.807) is 16.9 Å². The lowest BCUT2D eigenvalue weighted by atomic mass is 10.1. The fraction of sp³-hybridized carbons (Fsp3) is 0.0833. The molecule has 84 valence electrons. The number of rotatable bonds is 1. The zero-order valence-electron chi connectivity index (χ0n) is 9.33. The summed E-state index contributed by atoms with van der Waals surface area (Å²) in [5.41, 5.74) is 9.60. The summed E-state index contributed by atoms with van der Waals surface area (Å²) in [6.07, 6.45) is 5.45. The van der Waals surface area contributed by atoms with Crippen LogP contribution in [-0.4, -0.2) is 19.6 Å². The second-order valence-corrected chi connectivity index (χ2v) is 3.89. The van der Waals surface area contributed by atoms with Gasteiger partial charge in [-0.15, -0.1) is 5.10 Å². The maximum absolute atomic E-state index is 5.60. The van der Waals surface area contributed by atoms with Crippen molar-refractivity contribution in [3.63, 3.8) is 0 Å². The maximum Gasteiger partial charge on any atom is 0.240 e. The molecule has 0 aliphatic heterocycles. The summed E-state index contributed by atoms with van der Waals surface area (Å²) in [5.74, 6) is 0.292. The minimum atomic E-state index is 0.292. The summed E-state index contributed by atoms with van der Waals surface area (Å²) in [6, 6.07) is 5.99. The van der Waals surface area contributed by atoms with Gasteiger partial charge >= 0.3 is 0 Å². The van der Waals surface area contributed by atoms with E-state index in [-0.39, 0.29) is 0 Å². The molecule has 0 aromatic carbocycles. The minimum absolute atomic E-state index is 0.292. The summed E-state index contributed by atoms with van der Waals surface area (Å²) < 4.78 is 1.71. The third-order valence-electron chi connectivity index (χ3n) is 2.65. The van der Waals surface area contributed by atoms with Crippen LogP contribution in [0.15, 0.2) is 36.8 Å². The molecular weight excluding hydrogens is 214 g/mol. The molecule has 0 bridgehead atoms. The van der Waals surface area contributed by atoms with Crippen LogP contribution < -0.4 is 5.73 Å². The molecule has 0 spiro atoms. The number of nitrogens with zero attached hydrogens (tertiary/aromatic N) is 4. The molecule has 0 atom stereocenters. The van der Waals surface area contributed by atoms with Crippen LogP contribution in [-0.2, 0) is 0 Å². The van der Waals surface area contributed by atoms with Crippen molar-refractivity contribution in [1.82, 2.24) is 19.6 Å². The highest BCUT2D eigenvalue weighted by molar-refractivity contribution is 5.66. The highest BCUT2D eigenvalue weighted by atomic mass is 15.3.